The minimum absolute atomic E-state index is 0.213. The summed E-state index contributed by atoms with van der Waals surface area (Å²) < 4.78 is 4.88. The van der Waals surface area contributed by atoms with Crippen LogP contribution in [0.3, 0.4) is 0 Å². The lowest BCUT2D eigenvalue weighted by Crippen LogP contribution is -2.36. The highest BCUT2D eigenvalue weighted by Crippen LogP contribution is 2.25. The van der Waals surface area contributed by atoms with Crippen molar-refractivity contribution in [1.29, 1.82) is 0 Å². The largest absolute Gasteiger partial charge is 0.468 e. The fourth-order valence-corrected chi connectivity index (χ4v) is 1.70. The minimum Gasteiger partial charge on any atom is -0.468 e. The molecule has 3 heteroatoms. The summed E-state index contributed by atoms with van der Waals surface area (Å²) in [5.74, 6) is 0.218. The maximum absolute atomic E-state index is 11.9. The van der Waals surface area contributed by atoms with Gasteiger partial charge in [-0.15, -0.1) is 0 Å². The minimum atomic E-state index is -0.393. The molecule has 0 aliphatic heterocycles. The highest BCUT2D eigenvalue weighted by atomic mass is 16.5. The molecule has 0 bridgehead atoms. The molecule has 0 heterocycles. The summed E-state index contributed by atoms with van der Waals surface area (Å²) in [5.41, 5.74) is 1.15. The van der Waals surface area contributed by atoms with Gasteiger partial charge in [0.25, 0.3) is 0 Å². The Bertz CT molecular complexity index is 395. The van der Waals surface area contributed by atoms with Crippen molar-refractivity contribution in [3.05, 3.63) is 35.9 Å². The van der Waals surface area contributed by atoms with Crippen LogP contribution in [0.25, 0.3) is 0 Å². The van der Waals surface area contributed by atoms with Crippen LogP contribution in [0.4, 0.5) is 0 Å². The summed E-state index contributed by atoms with van der Waals surface area (Å²) in [5, 5.41) is 3.32. The fourth-order valence-electron chi connectivity index (χ4n) is 1.70. The number of rotatable bonds is 5. The van der Waals surface area contributed by atoms with Crippen LogP contribution in [0.2, 0.25) is 0 Å². The van der Waals surface area contributed by atoms with Crippen LogP contribution in [0, 0.1) is 11.3 Å². The standard InChI is InChI=1S/C16H25NO2/c1-12(16(2,3)4)11-17-14(15(18)19-5)13-9-7-6-8-10-13/h6-10,12,14,17H,11H2,1-5H3. The Labute approximate surface area is 116 Å². The lowest BCUT2D eigenvalue weighted by atomic mass is 9.82. The second-order valence-electron chi connectivity index (χ2n) is 6.04. The number of hydrogen-bond acceptors (Lipinski definition) is 3. The molecule has 19 heavy (non-hydrogen) atoms. The van der Waals surface area contributed by atoms with Crippen LogP contribution in [0.15, 0.2) is 30.3 Å². The zero-order valence-electron chi connectivity index (χ0n) is 12.6. The number of carbonyl (C=O) groups is 1. The van der Waals surface area contributed by atoms with Gasteiger partial charge in [-0.3, -0.25) is 0 Å². The summed E-state index contributed by atoms with van der Waals surface area (Å²) >= 11 is 0. The maximum Gasteiger partial charge on any atom is 0.327 e. The number of ether oxygens (including phenoxy) is 1. The van der Waals surface area contributed by atoms with Gasteiger partial charge in [-0.1, -0.05) is 58.0 Å². The molecule has 1 aromatic carbocycles. The normalized spacial score (nSPS) is 14.8. The number of benzene rings is 1. The summed E-state index contributed by atoms with van der Waals surface area (Å²) in [6, 6.07) is 9.29. The van der Waals surface area contributed by atoms with Crippen LogP contribution >= 0.6 is 0 Å². The van der Waals surface area contributed by atoms with E-state index in [0.717, 1.165) is 12.1 Å². The topological polar surface area (TPSA) is 38.3 Å². The summed E-state index contributed by atoms with van der Waals surface area (Å²) in [7, 11) is 1.42. The molecular weight excluding hydrogens is 238 g/mol. The van der Waals surface area contributed by atoms with Crippen molar-refractivity contribution in [3.8, 4) is 0 Å². The molecule has 0 aliphatic rings. The molecule has 0 spiro atoms. The Morgan fingerprint density at radius 1 is 1.26 bits per heavy atom. The van der Waals surface area contributed by atoms with Gasteiger partial charge in [0.1, 0.15) is 6.04 Å². The molecule has 0 fully saturated rings. The molecule has 0 aliphatic carbocycles. The van der Waals surface area contributed by atoms with Gasteiger partial charge < -0.3 is 10.1 Å². The van der Waals surface area contributed by atoms with Gasteiger partial charge >= 0.3 is 5.97 Å². The van der Waals surface area contributed by atoms with Crippen LogP contribution in [-0.4, -0.2) is 19.6 Å². The molecule has 0 radical (unpaired) electrons. The van der Waals surface area contributed by atoms with Crippen molar-refractivity contribution in [2.24, 2.45) is 11.3 Å². The lowest BCUT2D eigenvalue weighted by molar-refractivity contribution is -0.143. The molecule has 2 unspecified atom stereocenters. The first-order chi connectivity index (χ1) is 8.86. The van der Waals surface area contributed by atoms with Crippen molar-refractivity contribution in [1.82, 2.24) is 5.32 Å². The summed E-state index contributed by atoms with van der Waals surface area (Å²) in [6.07, 6.45) is 0. The second kappa shape index (κ2) is 6.71. The van der Waals surface area contributed by atoms with Crippen molar-refractivity contribution < 1.29 is 9.53 Å². The Hall–Kier alpha value is -1.35. The molecule has 0 saturated carbocycles. The molecule has 0 saturated heterocycles. The first-order valence-electron chi connectivity index (χ1n) is 6.72. The van der Waals surface area contributed by atoms with E-state index < -0.39 is 6.04 Å². The Balaban J connectivity index is 2.75. The Kier molecular flexibility index (Phi) is 5.55. The predicted octanol–water partition coefficient (Wildman–Crippen LogP) is 3.17. The predicted molar refractivity (Wildman–Crippen MR) is 77.8 cm³/mol. The van der Waals surface area contributed by atoms with Crippen molar-refractivity contribution in [2.45, 2.75) is 33.7 Å². The zero-order valence-corrected chi connectivity index (χ0v) is 12.6. The van der Waals surface area contributed by atoms with Gasteiger partial charge in [-0.2, -0.15) is 0 Å². The molecule has 106 valence electrons. The maximum atomic E-state index is 11.9. The molecule has 3 nitrogen and oxygen atoms in total. The van der Waals surface area contributed by atoms with Crippen LogP contribution in [0.1, 0.15) is 39.3 Å². The lowest BCUT2D eigenvalue weighted by Gasteiger charge is -2.29. The Morgan fingerprint density at radius 2 is 1.84 bits per heavy atom. The van der Waals surface area contributed by atoms with E-state index in [1.807, 2.05) is 30.3 Å². The van der Waals surface area contributed by atoms with E-state index >= 15 is 0 Å². The van der Waals surface area contributed by atoms with E-state index in [-0.39, 0.29) is 11.4 Å². The van der Waals surface area contributed by atoms with Crippen LogP contribution < -0.4 is 5.32 Å². The van der Waals surface area contributed by atoms with E-state index in [1.165, 1.54) is 7.11 Å². The third-order valence-corrected chi connectivity index (χ3v) is 3.68. The van der Waals surface area contributed by atoms with Crippen LogP contribution in [-0.2, 0) is 9.53 Å². The molecule has 0 aromatic heterocycles. The number of carbonyl (C=O) groups excluding carboxylic acids is 1. The SMILES string of the molecule is COC(=O)C(NCC(C)C(C)(C)C)c1ccccc1. The second-order valence-corrected chi connectivity index (χ2v) is 6.04. The number of esters is 1. The van der Waals surface area contributed by atoms with Crippen molar-refractivity contribution in [3.63, 3.8) is 0 Å². The van der Waals surface area contributed by atoms with E-state index in [0.29, 0.717) is 5.92 Å². The van der Waals surface area contributed by atoms with Gasteiger partial charge in [-0.05, 0) is 23.4 Å². The first kappa shape index (κ1) is 15.7. The fraction of sp³-hybridized carbons (Fsp3) is 0.562. The number of nitrogens with one attached hydrogen (secondary N) is 1. The van der Waals surface area contributed by atoms with Gasteiger partial charge in [-0.25, -0.2) is 4.79 Å². The van der Waals surface area contributed by atoms with E-state index in [4.69, 9.17) is 4.74 Å². The van der Waals surface area contributed by atoms with E-state index in [1.54, 1.807) is 0 Å². The smallest absolute Gasteiger partial charge is 0.327 e. The molecular formula is C16H25NO2. The third kappa shape index (κ3) is 4.67. The van der Waals surface area contributed by atoms with Crippen LogP contribution in [0.5, 0.6) is 0 Å². The number of hydrogen-bond donors (Lipinski definition) is 1. The quantitative estimate of drug-likeness (QED) is 0.829. The monoisotopic (exact) mass is 263 g/mol. The molecule has 2 atom stereocenters. The average Bonchev–Trinajstić information content (AvgIpc) is 2.38. The molecule has 1 N–H and O–H groups in total. The van der Waals surface area contributed by atoms with Crippen molar-refractivity contribution in [2.75, 3.05) is 13.7 Å². The first-order valence-corrected chi connectivity index (χ1v) is 6.72. The van der Waals surface area contributed by atoms with E-state index in [2.05, 4.69) is 33.0 Å². The average molecular weight is 263 g/mol. The van der Waals surface area contributed by atoms with Gasteiger partial charge in [0.05, 0.1) is 7.11 Å². The summed E-state index contributed by atoms with van der Waals surface area (Å²) in [4.78, 5) is 11.9. The van der Waals surface area contributed by atoms with Gasteiger partial charge in [0.15, 0.2) is 0 Å². The molecule has 1 rings (SSSR count). The zero-order chi connectivity index (χ0) is 14.5. The molecule has 0 amide bonds. The number of methoxy groups -OCH3 is 1. The molecule has 1 aromatic rings. The van der Waals surface area contributed by atoms with Gasteiger partial charge in [0, 0.05) is 0 Å². The Morgan fingerprint density at radius 3 is 2.32 bits per heavy atom. The van der Waals surface area contributed by atoms with Gasteiger partial charge in [0.2, 0.25) is 0 Å². The highest BCUT2D eigenvalue weighted by Gasteiger charge is 2.25. The highest BCUT2D eigenvalue weighted by molar-refractivity contribution is 5.77. The van der Waals surface area contributed by atoms with Crippen molar-refractivity contribution >= 4 is 5.97 Å². The van der Waals surface area contributed by atoms with E-state index in [9.17, 15) is 4.79 Å². The third-order valence-electron chi connectivity index (χ3n) is 3.68. The summed E-state index contributed by atoms with van der Waals surface area (Å²) in [6.45, 7) is 9.57.